The second kappa shape index (κ2) is 5.94. The van der Waals surface area contributed by atoms with Crippen LogP contribution < -0.4 is 16.2 Å². The van der Waals surface area contributed by atoms with E-state index in [1.54, 1.807) is 0 Å². The van der Waals surface area contributed by atoms with E-state index in [9.17, 15) is 13.2 Å². The van der Waals surface area contributed by atoms with Crippen molar-refractivity contribution in [3.05, 3.63) is 29.8 Å². The SMILES string of the molecule is CCC(CN)NS(=O)(=O)c1ccc(C(N)=O)cc1. The average Bonchev–Trinajstić information content (AvgIpc) is 2.36. The molecule has 0 aliphatic rings. The van der Waals surface area contributed by atoms with Gasteiger partial charge in [-0.3, -0.25) is 4.79 Å². The maximum atomic E-state index is 12.0. The van der Waals surface area contributed by atoms with Crippen LogP contribution in [0.3, 0.4) is 0 Å². The first-order chi connectivity index (χ1) is 8.40. The van der Waals surface area contributed by atoms with Gasteiger partial charge in [-0.25, -0.2) is 13.1 Å². The number of benzene rings is 1. The molecule has 0 aromatic heterocycles. The molecule has 0 saturated carbocycles. The highest BCUT2D eigenvalue weighted by molar-refractivity contribution is 7.89. The Labute approximate surface area is 106 Å². The summed E-state index contributed by atoms with van der Waals surface area (Å²) in [5.41, 5.74) is 10.8. The lowest BCUT2D eigenvalue weighted by molar-refractivity contribution is 0.1000. The van der Waals surface area contributed by atoms with Gasteiger partial charge in [0.1, 0.15) is 0 Å². The number of primary amides is 1. The van der Waals surface area contributed by atoms with Crippen LogP contribution in [0.15, 0.2) is 29.2 Å². The maximum Gasteiger partial charge on any atom is 0.248 e. The number of amides is 1. The Morgan fingerprint density at radius 1 is 1.33 bits per heavy atom. The Kier molecular flexibility index (Phi) is 4.83. The van der Waals surface area contributed by atoms with Gasteiger partial charge in [-0.05, 0) is 30.7 Å². The van der Waals surface area contributed by atoms with E-state index in [1.807, 2.05) is 6.92 Å². The van der Waals surface area contributed by atoms with Crippen molar-refractivity contribution < 1.29 is 13.2 Å². The third-order valence-corrected chi connectivity index (χ3v) is 4.08. The Morgan fingerprint density at radius 3 is 2.28 bits per heavy atom. The fraction of sp³-hybridized carbons (Fsp3) is 0.364. The van der Waals surface area contributed by atoms with Crippen LogP contribution in [0.1, 0.15) is 23.7 Å². The van der Waals surface area contributed by atoms with Gasteiger partial charge < -0.3 is 11.5 Å². The number of carbonyl (C=O) groups excluding carboxylic acids is 1. The zero-order valence-electron chi connectivity index (χ0n) is 10.1. The van der Waals surface area contributed by atoms with Gasteiger partial charge in [0.2, 0.25) is 15.9 Å². The van der Waals surface area contributed by atoms with Crippen molar-refractivity contribution in [1.82, 2.24) is 4.72 Å². The summed E-state index contributed by atoms with van der Waals surface area (Å²) in [4.78, 5) is 11.0. The van der Waals surface area contributed by atoms with E-state index in [0.717, 1.165) is 0 Å². The number of nitrogens with one attached hydrogen (secondary N) is 1. The van der Waals surface area contributed by atoms with Crippen molar-refractivity contribution in [3.63, 3.8) is 0 Å². The fourth-order valence-electron chi connectivity index (χ4n) is 1.38. The monoisotopic (exact) mass is 271 g/mol. The van der Waals surface area contributed by atoms with Gasteiger partial charge in [0.25, 0.3) is 0 Å². The maximum absolute atomic E-state index is 12.0. The molecule has 1 atom stereocenters. The molecule has 1 rings (SSSR count). The Morgan fingerprint density at radius 2 is 1.89 bits per heavy atom. The van der Waals surface area contributed by atoms with Gasteiger partial charge in [0.05, 0.1) is 4.90 Å². The number of hydrogen-bond acceptors (Lipinski definition) is 4. The smallest absolute Gasteiger partial charge is 0.248 e. The lowest BCUT2D eigenvalue weighted by Gasteiger charge is -2.14. The van der Waals surface area contributed by atoms with E-state index >= 15 is 0 Å². The third-order valence-electron chi connectivity index (χ3n) is 2.55. The molecule has 0 radical (unpaired) electrons. The molecule has 0 aliphatic heterocycles. The number of carbonyl (C=O) groups is 1. The molecule has 5 N–H and O–H groups in total. The molecule has 1 unspecified atom stereocenters. The first-order valence-electron chi connectivity index (χ1n) is 5.53. The van der Waals surface area contributed by atoms with Gasteiger partial charge in [0, 0.05) is 18.2 Å². The molecule has 1 aromatic rings. The second-order valence-electron chi connectivity index (χ2n) is 3.85. The van der Waals surface area contributed by atoms with Gasteiger partial charge in [0.15, 0.2) is 0 Å². The first kappa shape index (κ1) is 14.6. The van der Waals surface area contributed by atoms with Gasteiger partial charge in [-0.1, -0.05) is 6.92 Å². The van der Waals surface area contributed by atoms with Crippen molar-refractivity contribution in [2.75, 3.05) is 6.54 Å². The first-order valence-corrected chi connectivity index (χ1v) is 7.01. The highest BCUT2D eigenvalue weighted by Gasteiger charge is 2.18. The minimum atomic E-state index is -3.61. The van der Waals surface area contributed by atoms with Gasteiger partial charge in [-0.2, -0.15) is 0 Å². The van der Waals surface area contributed by atoms with Crippen LogP contribution in [0, 0.1) is 0 Å². The van der Waals surface area contributed by atoms with Crippen LogP contribution in [0.4, 0.5) is 0 Å². The van der Waals surface area contributed by atoms with Crippen molar-refractivity contribution >= 4 is 15.9 Å². The quantitative estimate of drug-likeness (QED) is 0.664. The Hall–Kier alpha value is -1.44. The largest absolute Gasteiger partial charge is 0.366 e. The normalized spacial score (nSPS) is 13.2. The summed E-state index contributed by atoms with van der Waals surface area (Å²) in [6.07, 6.45) is 0.606. The minimum absolute atomic E-state index is 0.0828. The lowest BCUT2D eigenvalue weighted by atomic mass is 10.2. The summed E-state index contributed by atoms with van der Waals surface area (Å²) in [6.45, 7) is 2.07. The predicted octanol–water partition coefficient (Wildman–Crippen LogP) is -0.199. The molecule has 0 spiro atoms. The Bertz CT molecular complexity index is 507. The molecule has 0 fully saturated rings. The third kappa shape index (κ3) is 3.52. The molecular formula is C11H17N3O3S. The van der Waals surface area contributed by atoms with Crippen LogP contribution in [0.5, 0.6) is 0 Å². The number of hydrogen-bond donors (Lipinski definition) is 3. The van der Waals surface area contributed by atoms with Crippen molar-refractivity contribution in [1.29, 1.82) is 0 Å². The fourth-order valence-corrected chi connectivity index (χ4v) is 2.72. The summed E-state index contributed by atoms with van der Waals surface area (Å²) in [7, 11) is -3.61. The van der Waals surface area contributed by atoms with Crippen molar-refractivity contribution in [2.24, 2.45) is 11.5 Å². The van der Waals surface area contributed by atoms with E-state index in [-0.39, 0.29) is 23.0 Å². The van der Waals surface area contributed by atoms with Gasteiger partial charge in [-0.15, -0.1) is 0 Å². The van der Waals surface area contributed by atoms with Crippen molar-refractivity contribution in [3.8, 4) is 0 Å². The molecule has 1 aromatic carbocycles. The number of sulfonamides is 1. The standard InChI is InChI=1S/C11H17N3O3S/c1-2-9(7-12)14-18(16,17)10-5-3-8(4-6-10)11(13)15/h3-6,9,14H,2,7,12H2,1H3,(H2,13,15). The molecule has 0 bridgehead atoms. The molecule has 1 amide bonds. The number of rotatable bonds is 6. The summed E-state index contributed by atoms with van der Waals surface area (Å²) in [5.74, 6) is -0.597. The van der Waals surface area contributed by atoms with E-state index in [0.29, 0.717) is 6.42 Å². The molecule has 7 heteroatoms. The summed E-state index contributed by atoms with van der Waals surface area (Å²) in [6, 6.07) is 5.13. The van der Waals surface area contributed by atoms with Crippen LogP contribution in [-0.4, -0.2) is 26.9 Å². The zero-order chi connectivity index (χ0) is 13.8. The predicted molar refractivity (Wildman–Crippen MR) is 68.4 cm³/mol. The molecule has 0 heterocycles. The van der Waals surface area contributed by atoms with E-state index in [1.165, 1.54) is 24.3 Å². The minimum Gasteiger partial charge on any atom is -0.366 e. The molecule has 0 saturated heterocycles. The number of nitrogens with two attached hydrogens (primary N) is 2. The van der Waals surface area contributed by atoms with Crippen LogP contribution in [0.2, 0.25) is 0 Å². The van der Waals surface area contributed by atoms with Crippen LogP contribution in [-0.2, 0) is 10.0 Å². The van der Waals surface area contributed by atoms with E-state index in [2.05, 4.69) is 4.72 Å². The Balaban J connectivity index is 2.95. The average molecular weight is 271 g/mol. The summed E-state index contributed by atoms with van der Waals surface area (Å²) in [5, 5.41) is 0. The van der Waals surface area contributed by atoms with Crippen LogP contribution in [0.25, 0.3) is 0 Å². The summed E-state index contributed by atoms with van der Waals surface area (Å²) >= 11 is 0. The van der Waals surface area contributed by atoms with Crippen LogP contribution >= 0.6 is 0 Å². The summed E-state index contributed by atoms with van der Waals surface area (Å²) < 4.78 is 26.4. The van der Waals surface area contributed by atoms with E-state index < -0.39 is 15.9 Å². The molecule has 0 aliphatic carbocycles. The highest BCUT2D eigenvalue weighted by atomic mass is 32.2. The molecule has 100 valence electrons. The topological polar surface area (TPSA) is 115 Å². The zero-order valence-corrected chi connectivity index (χ0v) is 10.9. The molecule has 18 heavy (non-hydrogen) atoms. The van der Waals surface area contributed by atoms with E-state index in [4.69, 9.17) is 11.5 Å². The van der Waals surface area contributed by atoms with Gasteiger partial charge >= 0.3 is 0 Å². The lowest BCUT2D eigenvalue weighted by Crippen LogP contribution is -2.39. The highest BCUT2D eigenvalue weighted by Crippen LogP contribution is 2.11. The second-order valence-corrected chi connectivity index (χ2v) is 5.56. The molecular weight excluding hydrogens is 254 g/mol. The molecule has 6 nitrogen and oxygen atoms in total. The van der Waals surface area contributed by atoms with Crippen molar-refractivity contribution in [2.45, 2.75) is 24.3 Å².